The fourth-order valence-electron chi connectivity index (χ4n) is 3.27. The van der Waals surface area contributed by atoms with Crippen molar-refractivity contribution in [2.75, 3.05) is 31.3 Å². The number of benzene rings is 2. The molecule has 0 amide bonds. The summed E-state index contributed by atoms with van der Waals surface area (Å²) in [7, 11) is 4.09. The Morgan fingerprint density at radius 2 is 1.86 bits per heavy atom. The lowest BCUT2D eigenvalue weighted by molar-refractivity contribution is 0.0534. The molecule has 29 heavy (non-hydrogen) atoms. The minimum Gasteiger partial charge on any atom is -0.378 e. The maximum atomic E-state index is 6.18. The number of hydrogen-bond acceptors (Lipinski definition) is 6. The van der Waals surface area contributed by atoms with E-state index in [1.165, 1.54) is 11.3 Å². The lowest BCUT2D eigenvalue weighted by atomic mass is 10.1. The molecule has 0 spiro atoms. The molecule has 1 fully saturated rings. The molecule has 0 unspecified atom stereocenters. The topological polar surface area (TPSA) is 66.1 Å². The SMILES string of the molecule is CCc1ccc(-c2nc(SC[C@H]3CN[C@H](c4ccc(N(C)C)cc4)O3)n[nH]2)cc1. The van der Waals surface area contributed by atoms with Crippen molar-refractivity contribution in [2.24, 2.45) is 0 Å². The van der Waals surface area contributed by atoms with Crippen LogP contribution in [-0.4, -0.2) is 47.7 Å². The molecule has 7 heteroatoms. The molecule has 152 valence electrons. The van der Waals surface area contributed by atoms with Gasteiger partial charge in [-0.3, -0.25) is 10.4 Å². The van der Waals surface area contributed by atoms with E-state index in [0.29, 0.717) is 0 Å². The molecule has 2 atom stereocenters. The van der Waals surface area contributed by atoms with Crippen molar-refractivity contribution < 1.29 is 4.74 Å². The molecular formula is C22H27N5OS. The zero-order chi connectivity index (χ0) is 20.2. The molecule has 1 aliphatic heterocycles. The van der Waals surface area contributed by atoms with Crippen molar-refractivity contribution in [2.45, 2.75) is 30.8 Å². The third-order valence-corrected chi connectivity index (χ3v) is 6.05. The number of nitrogens with zero attached hydrogens (tertiary/aromatic N) is 3. The van der Waals surface area contributed by atoms with Crippen molar-refractivity contribution in [3.8, 4) is 11.4 Å². The van der Waals surface area contributed by atoms with Crippen LogP contribution in [0.2, 0.25) is 0 Å². The highest BCUT2D eigenvalue weighted by Crippen LogP contribution is 2.27. The van der Waals surface area contributed by atoms with Crippen molar-refractivity contribution >= 4 is 17.4 Å². The number of H-pyrrole nitrogens is 1. The second kappa shape index (κ2) is 8.98. The fraction of sp³-hybridized carbons (Fsp3) is 0.364. The lowest BCUT2D eigenvalue weighted by Gasteiger charge is -2.16. The summed E-state index contributed by atoms with van der Waals surface area (Å²) in [5.74, 6) is 1.62. The van der Waals surface area contributed by atoms with Gasteiger partial charge in [-0.25, -0.2) is 4.98 Å². The number of hydrogen-bond donors (Lipinski definition) is 2. The van der Waals surface area contributed by atoms with Crippen LogP contribution in [-0.2, 0) is 11.2 Å². The van der Waals surface area contributed by atoms with E-state index >= 15 is 0 Å². The molecular weight excluding hydrogens is 382 g/mol. The Bertz CT molecular complexity index is 923. The highest BCUT2D eigenvalue weighted by atomic mass is 32.2. The number of aromatic nitrogens is 3. The van der Waals surface area contributed by atoms with Crippen LogP contribution in [0.25, 0.3) is 11.4 Å². The van der Waals surface area contributed by atoms with Gasteiger partial charge in [-0.1, -0.05) is 55.1 Å². The molecule has 6 nitrogen and oxygen atoms in total. The Balaban J connectivity index is 1.30. The Hall–Kier alpha value is -2.35. The third-order valence-electron chi connectivity index (χ3n) is 5.07. The standard InChI is InChI=1S/C22H27N5OS/c1-4-15-5-7-16(8-6-15)20-24-22(26-25-20)29-14-19-13-23-21(28-19)17-9-11-18(12-10-17)27(2)3/h5-12,19,21,23H,4,13-14H2,1-3H3,(H,24,25,26)/t19-,21+/m1/s1. The van der Waals surface area contributed by atoms with Gasteiger partial charge in [0.1, 0.15) is 6.23 Å². The summed E-state index contributed by atoms with van der Waals surface area (Å²) in [6.07, 6.45) is 1.11. The first-order valence-electron chi connectivity index (χ1n) is 9.93. The highest BCUT2D eigenvalue weighted by molar-refractivity contribution is 7.99. The predicted octanol–water partition coefficient (Wildman–Crippen LogP) is 3.88. The number of rotatable bonds is 7. The van der Waals surface area contributed by atoms with E-state index in [0.717, 1.165) is 40.8 Å². The number of ether oxygens (including phenoxy) is 1. The molecule has 0 aliphatic carbocycles. The van der Waals surface area contributed by atoms with Crippen molar-refractivity contribution in [3.63, 3.8) is 0 Å². The van der Waals surface area contributed by atoms with Crippen molar-refractivity contribution in [3.05, 3.63) is 59.7 Å². The Morgan fingerprint density at radius 3 is 2.55 bits per heavy atom. The first-order chi connectivity index (χ1) is 14.1. The van der Waals surface area contributed by atoms with E-state index in [2.05, 4.69) is 80.9 Å². The van der Waals surface area contributed by atoms with Crippen LogP contribution in [0.1, 0.15) is 24.3 Å². The van der Waals surface area contributed by atoms with E-state index in [1.807, 2.05) is 14.1 Å². The Labute approximate surface area is 176 Å². The van der Waals surface area contributed by atoms with Crippen LogP contribution >= 0.6 is 11.8 Å². The number of thioether (sulfide) groups is 1. The van der Waals surface area contributed by atoms with Gasteiger partial charge in [-0.2, -0.15) is 0 Å². The summed E-state index contributed by atoms with van der Waals surface area (Å²) in [5, 5.41) is 11.6. The number of aryl methyl sites for hydroxylation is 1. The lowest BCUT2D eigenvalue weighted by Crippen LogP contribution is -2.17. The molecule has 0 radical (unpaired) electrons. The van der Waals surface area contributed by atoms with Gasteiger partial charge < -0.3 is 9.64 Å². The molecule has 2 aromatic carbocycles. The number of nitrogens with one attached hydrogen (secondary N) is 2. The summed E-state index contributed by atoms with van der Waals surface area (Å²) in [6.45, 7) is 2.98. The van der Waals surface area contributed by atoms with Crippen LogP contribution in [0.5, 0.6) is 0 Å². The minimum atomic E-state index is -0.0587. The number of anilines is 1. The summed E-state index contributed by atoms with van der Waals surface area (Å²) in [6, 6.07) is 16.9. The summed E-state index contributed by atoms with van der Waals surface area (Å²) >= 11 is 1.62. The Morgan fingerprint density at radius 1 is 1.10 bits per heavy atom. The van der Waals surface area contributed by atoms with Crippen LogP contribution in [0.4, 0.5) is 5.69 Å². The zero-order valence-electron chi connectivity index (χ0n) is 17.1. The second-order valence-electron chi connectivity index (χ2n) is 7.36. The van der Waals surface area contributed by atoms with E-state index in [1.54, 1.807) is 11.8 Å². The molecule has 1 aliphatic rings. The van der Waals surface area contributed by atoms with E-state index in [4.69, 9.17) is 4.74 Å². The largest absolute Gasteiger partial charge is 0.378 e. The molecule has 1 aromatic heterocycles. The van der Waals surface area contributed by atoms with Gasteiger partial charge in [0.15, 0.2) is 5.82 Å². The number of aromatic amines is 1. The first kappa shape index (κ1) is 19.9. The first-order valence-corrected chi connectivity index (χ1v) is 10.9. The fourth-order valence-corrected chi connectivity index (χ4v) is 4.07. The molecule has 0 saturated carbocycles. The monoisotopic (exact) mass is 409 g/mol. The molecule has 3 aromatic rings. The third kappa shape index (κ3) is 4.80. The quantitative estimate of drug-likeness (QED) is 0.578. The van der Waals surface area contributed by atoms with E-state index < -0.39 is 0 Å². The van der Waals surface area contributed by atoms with Gasteiger partial charge in [0.2, 0.25) is 5.16 Å². The molecule has 4 rings (SSSR count). The maximum absolute atomic E-state index is 6.18. The average Bonchev–Trinajstić information content (AvgIpc) is 3.42. The summed E-state index contributed by atoms with van der Waals surface area (Å²) in [5.41, 5.74) is 4.71. The van der Waals surface area contributed by atoms with Gasteiger partial charge in [0, 0.05) is 37.6 Å². The molecule has 1 saturated heterocycles. The zero-order valence-corrected chi connectivity index (χ0v) is 17.9. The van der Waals surface area contributed by atoms with Crippen LogP contribution < -0.4 is 10.2 Å². The van der Waals surface area contributed by atoms with Crippen LogP contribution in [0.15, 0.2) is 53.7 Å². The van der Waals surface area contributed by atoms with E-state index in [-0.39, 0.29) is 12.3 Å². The summed E-state index contributed by atoms with van der Waals surface area (Å²) < 4.78 is 6.18. The molecule has 2 N–H and O–H groups in total. The van der Waals surface area contributed by atoms with Gasteiger partial charge in [-0.15, -0.1) is 5.10 Å². The predicted molar refractivity (Wildman–Crippen MR) is 118 cm³/mol. The van der Waals surface area contributed by atoms with Crippen molar-refractivity contribution in [1.29, 1.82) is 0 Å². The van der Waals surface area contributed by atoms with Crippen LogP contribution in [0.3, 0.4) is 0 Å². The minimum absolute atomic E-state index is 0.0587. The van der Waals surface area contributed by atoms with Gasteiger partial charge in [-0.05, 0) is 29.7 Å². The highest BCUT2D eigenvalue weighted by Gasteiger charge is 2.26. The van der Waals surface area contributed by atoms with Gasteiger partial charge in [0.05, 0.1) is 6.10 Å². The van der Waals surface area contributed by atoms with Gasteiger partial charge >= 0.3 is 0 Å². The maximum Gasteiger partial charge on any atom is 0.208 e. The van der Waals surface area contributed by atoms with E-state index in [9.17, 15) is 0 Å². The van der Waals surface area contributed by atoms with Crippen LogP contribution in [0, 0.1) is 0 Å². The summed E-state index contributed by atoms with van der Waals surface area (Å²) in [4.78, 5) is 6.71. The van der Waals surface area contributed by atoms with Gasteiger partial charge in [0.25, 0.3) is 0 Å². The molecule has 0 bridgehead atoms. The normalized spacial score (nSPS) is 18.9. The molecule has 2 heterocycles. The second-order valence-corrected chi connectivity index (χ2v) is 8.35. The average molecular weight is 410 g/mol. The smallest absolute Gasteiger partial charge is 0.208 e. The Kier molecular flexibility index (Phi) is 6.18. The van der Waals surface area contributed by atoms with Crippen molar-refractivity contribution in [1.82, 2.24) is 20.5 Å².